The van der Waals surface area contributed by atoms with Crippen LogP contribution in [0.1, 0.15) is 40.0 Å². The topological polar surface area (TPSA) is 26.0 Å². The molecule has 0 heterocycles. The SMILES string of the molecule is CCCC(N)C(C)CC. The van der Waals surface area contributed by atoms with Gasteiger partial charge in [-0.2, -0.15) is 0 Å². The van der Waals surface area contributed by atoms with Crippen LogP contribution in [0.2, 0.25) is 0 Å². The average Bonchev–Trinajstić information content (AvgIpc) is 1.87. The highest BCUT2D eigenvalue weighted by atomic mass is 14.6. The molecule has 0 rings (SSSR count). The number of hydrogen-bond acceptors (Lipinski definition) is 1. The van der Waals surface area contributed by atoms with Crippen molar-refractivity contribution in [2.45, 2.75) is 46.1 Å². The van der Waals surface area contributed by atoms with Crippen LogP contribution in [-0.2, 0) is 0 Å². The zero-order valence-electron chi connectivity index (χ0n) is 6.85. The van der Waals surface area contributed by atoms with Gasteiger partial charge in [0.1, 0.15) is 0 Å². The molecule has 0 radical (unpaired) electrons. The summed E-state index contributed by atoms with van der Waals surface area (Å²) in [7, 11) is 0. The average molecular weight is 129 g/mol. The van der Waals surface area contributed by atoms with E-state index in [9.17, 15) is 0 Å². The predicted molar refractivity (Wildman–Crippen MR) is 42.3 cm³/mol. The van der Waals surface area contributed by atoms with Gasteiger partial charge in [0.25, 0.3) is 0 Å². The summed E-state index contributed by atoms with van der Waals surface area (Å²) >= 11 is 0. The summed E-state index contributed by atoms with van der Waals surface area (Å²) in [5.41, 5.74) is 5.84. The van der Waals surface area contributed by atoms with E-state index in [0.717, 1.165) is 0 Å². The summed E-state index contributed by atoms with van der Waals surface area (Å²) in [4.78, 5) is 0. The zero-order valence-corrected chi connectivity index (χ0v) is 6.85. The second-order valence-corrected chi connectivity index (χ2v) is 2.84. The van der Waals surface area contributed by atoms with Crippen molar-refractivity contribution in [1.82, 2.24) is 0 Å². The third kappa shape index (κ3) is 3.52. The maximum atomic E-state index is 5.84. The Morgan fingerprint density at radius 1 is 1.33 bits per heavy atom. The highest BCUT2D eigenvalue weighted by molar-refractivity contribution is 4.66. The third-order valence-electron chi connectivity index (χ3n) is 2.00. The normalized spacial score (nSPS) is 17.3. The molecule has 0 aromatic heterocycles. The Labute approximate surface area is 58.6 Å². The second kappa shape index (κ2) is 4.80. The van der Waals surface area contributed by atoms with Crippen LogP contribution in [0.5, 0.6) is 0 Å². The van der Waals surface area contributed by atoms with Crippen molar-refractivity contribution in [2.24, 2.45) is 11.7 Å². The molecule has 0 aliphatic carbocycles. The van der Waals surface area contributed by atoms with Crippen LogP contribution in [0.15, 0.2) is 0 Å². The molecule has 0 spiro atoms. The fraction of sp³-hybridized carbons (Fsp3) is 1.00. The Kier molecular flexibility index (Phi) is 4.78. The maximum absolute atomic E-state index is 5.84. The molecule has 2 unspecified atom stereocenters. The summed E-state index contributed by atoms with van der Waals surface area (Å²) in [6, 6.07) is 0.431. The highest BCUT2D eigenvalue weighted by Crippen LogP contribution is 2.09. The number of rotatable bonds is 4. The lowest BCUT2D eigenvalue weighted by atomic mass is 9.96. The summed E-state index contributed by atoms with van der Waals surface area (Å²) in [5, 5.41) is 0. The minimum absolute atomic E-state index is 0.431. The molecule has 0 saturated heterocycles. The first-order valence-electron chi connectivity index (χ1n) is 3.97. The molecule has 0 saturated carbocycles. The van der Waals surface area contributed by atoms with E-state index in [2.05, 4.69) is 20.8 Å². The lowest BCUT2D eigenvalue weighted by molar-refractivity contribution is 0.417. The number of hydrogen-bond donors (Lipinski definition) is 1. The zero-order chi connectivity index (χ0) is 7.28. The molecule has 2 atom stereocenters. The van der Waals surface area contributed by atoms with E-state index in [0.29, 0.717) is 12.0 Å². The fourth-order valence-electron chi connectivity index (χ4n) is 0.921. The van der Waals surface area contributed by atoms with Crippen molar-refractivity contribution in [3.05, 3.63) is 0 Å². The highest BCUT2D eigenvalue weighted by Gasteiger charge is 2.07. The molecule has 56 valence electrons. The lowest BCUT2D eigenvalue weighted by Crippen LogP contribution is -2.27. The fourth-order valence-corrected chi connectivity index (χ4v) is 0.921. The van der Waals surface area contributed by atoms with Crippen LogP contribution < -0.4 is 5.73 Å². The van der Waals surface area contributed by atoms with Crippen LogP contribution in [0.25, 0.3) is 0 Å². The molecule has 9 heavy (non-hydrogen) atoms. The van der Waals surface area contributed by atoms with Gasteiger partial charge in [-0.15, -0.1) is 0 Å². The molecule has 1 heteroatoms. The van der Waals surface area contributed by atoms with Crippen molar-refractivity contribution in [1.29, 1.82) is 0 Å². The first-order chi connectivity index (χ1) is 4.22. The molecular weight excluding hydrogens is 110 g/mol. The summed E-state index contributed by atoms with van der Waals surface area (Å²) in [6.07, 6.45) is 3.60. The summed E-state index contributed by atoms with van der Waals surface area (Å²) < 4.78 is 0. The van der Waals surface area contributed by atoms with Gasteiger partial charge in [-0.1, -0.05) is 33.6 Å². The van der Waals surface area contributed by atoms with Gasteiger partial charge < -0.3 is 5.73 Å². The van der Waals surface area contributed by atoms with Gasteiger partial charge in [0.2, 0.25) is 0 Å². The lowest BCUT2D eigenvalue weighted by Gasteiger charge is -2.16. The van der Waals surface area contributed by atoms with Crippen LogP contribution in [0.4, 0.5) is 0 Å². The Morgan fingerprint density at radius 3 is 2.22 bits per heavy atom. The molecule has 0 aromatic carbocycles. The largest absolute Gasteiger partial charge is 0.327 e. The van der Waals surface area contributed by atoms with Crippen LogP contribution in [-0.4, -0.2) is 6.04 Å². The molecule has 0 aromatic rings. The van der Waals surface area contributed by atoms with Crippen molar-refractivity contribution in [3.63, 3.8) is 0 Å². The molecule has 0 aliphatic rings. The Balaban J connectivity index is 3.32. The summed E-state index contributed by atoms with van der Waals surface area (Å²) in [6.45, 7) is 6.60. The Bertz CT molecular complexity index is 61.6. The van der Waals surface area contributed by atoms with Gasteiger partial charge in [0.15, 0.2) is 0 Å². The minimum atomic E-state index is 0.431. The number of nitrogens with two attached hydrogens (primary N) is 1. The Morgan fingerprint density at radius 2 is 1.89 bits per heavy atom. The smallest absolute Gasteiger partial charge is 0.00643 e. The van der Waals surface area contributed by atoms with Gasteiger partial charge in [0, 0.05) is 6.04 Å². The molecule has 0 amide bonds. The molecule has 0 fully saturated rings. The third-order valence-corrected chi connectivity index (χ3v) is 2.00. The first kappa shape index (κ1) is 8.96. The van der Waals surface area contributed by atoms with Gasteiger partial charge in [0.05, 0.1) is 0 Å². The molecule has 2 N–H and O–H groups in total. The van der Waals surface area contributed by atoms with Gasteiger partial charge in [-0.25, -0.2) is 0 Å². The molecule has 1 nitrogen and oxygen atoms in total. The monoisotopic (exact) mass is 129 g/mol. The first-order valence-corrected chi connectivity index (χ1v) is 3.97. The maximum Gasteiger partial charge on any atom is 0.00643 e. The van der Waals surface area contributed by atoms with Gasteiger partial charge in [-0.3, -0.25) is 0 Å². The van der Waals surface area contributed by atoms with Crippen molar-refractivity contribution in [2.75, 3.05) is 0 Å². The second-order valence-electron chi connectivity index (χ2n) is 2.84. The van der Waals surface area contributed by atoms with E-state index >= 15 is 0 Å². The molecular formula is C8H19N. The predicted octanol–water partition coefficient (Wildman–Crippen LogP) is 2.16. The minimum Gasteiger partial charge on any atom is -0.327 e. The van der Waals surface area contributed by atoms with Gasteiger partial charge >= 0.3 is 0 Å². The van der Waals surface area contributed by atoms with E-state index in [4.69, 9.17) is 5.73 Å². The van der Waals surface area contributed by atoms with Crippen molar-refractivity contribution >= 4 is 0 Å². The van der Waals surface area contributed by atoms with Gasteiger partial charge in [-0.05, 0) is 12.3 Å². The molecule has 0 aliphatic heterocycles. The van der Waals surface area contributed by atoms with E-state index in [1.54, 1.807) is 0 Å². The van der Waals surface area contributed by atoms with Crippen molar-refractivity contribution < 1.29 is 0 Å². The quantitative estimate of drug-likeness (QED) is 0.618. The summed E-state index contributed by atoms with van der Waals surface area (Å²) in [5.74, 6) is 0.699. The van der Waals surface area contributed by atoms with Crippen LogP contribution in [0.3, 0.4) is 0 Å². The van der Waals surface area contributed by atoms with E-state index < -0.39 is 0 Å². The standard InChI is InChI=1S/C8H19N/c1-4-6-8(9)7(3)5-2/h7-8H,4-6,9H2,1-3H3. The Hall–Kier alpha value is -0.0400. The van der Waals surface area contributed by atoms with Crippen LogP contribution >= 0.6 is 0 Å². The molecule has 0 bridgehead atoms. The van der Waals surface area contributed by atoms with E-state index in [1.165, 1.54) is 19.3 Å². The van der Waals surface area contributed by atoms with E-state index in [-0.39, 0.29) is 0 Å². The van der Waals surface area contributed by atoms with E-state index in [1.807, 2.05) is 0 Å². The van der Waals surface area contributed by atoms with Crippen molar-refractivity contribution in [3.8, 4) is 0 Å². The van der Waals surface area contributed by atoms with Crippen LogP contribution in [0, 0.1) is 5.92 Å².